The molecule has 1 aliphatic heterocycles. The average Bonchev–Trinajstić information content (AvgIpc) is 2.26. The van der Waals surface area contributed by atoms with Gasteiger partial charge < -0.3 is 25.0 Å². The van der Waals surface area contributed by atoms with Crippen molar-refractivity contribution >= 4 is 6.09 Å². The second-order valence-corrected chi connectivity index (χ2v) is 5.54. The molecule has 1 fully saturated rings. The molecule has 0 spiro atoms. The summed E-state index contributed by atoms with van der Waals surface area (Å²) >= 11 is 0. The summed E-state index contributed by atoms with van der Waals surface area (Å²) in [6.07, 6.45) is -0.375. The zero-order valence-electron chi connectivity index (χ0n) is 11.2. The van der Waals surface area contributed by atoms with Crippen LogP contribution in [0.25, 0.3) is 0 Å². The highest BCUT2D eigenvalue weighted by Gasteiger charge is 2.28. The van der Waals surface area contributed by atoms with Crippen molar-refractivity contribution in [1.82, 2.24) is 5.32 Å². The topological polar surface area (TPSA) is 88.0 Å². The highest BCUT2D eigenvalue weighted by molar-refractivity contribution is 5.68. The van der Waals surface area contributed by atoms with Gasteiger partial charge in [-0.1, -0.05) is 0 Å². The molecule has 1 amide bonds. The SMILES string of the molecule is CC(C)(C)OC(=O)NC1CCC([C@H](O)CO)OC1. The summed E-state index contributed by atoms with van der Waals surface area (Å²) in [7, 11) is 0. The van der Waals surface area contributed by atoms with E-state index in [9.17, 15) is 9.90 Å². The van der Waals surface area contributed by atoms with Gasteiger partial charge >= 0.3 is 6.09 Å². The van der Waals surface area contributed by atoms with E-state index in [1.807, 2.05) is 0 Å². The maximum atomic E-state index is 11.5. The second-order valence-electron chi connectivity index (χ2n) is 5.54. The van der Waals surface area contributed by atoms with Crippen LogP contribution in [-0.2, 0) is 9.47 Å². The first-order valence-corrected chi connectivity index (χ1v) is 6.22. The molecule has 1 rings (SSSR count). The van der Waals surface area contributed by atoms with E-state index in [2.05, 4.69) is 5.32 Å². The van der Waals surface area contributed by atoms with Gasteiger partial charge in [0.1, 0.15) is 11.7 Å². The van der Waals surface area contributed by atoms with Gasteiger partial charge in [-0.25, -0.2) is 4.79 Å². The van der Waals surface area contributed by atoms with E-state index in [1.165, 1.54) is 0 Å². The number of alkyl carbamates (subject to hydrolysis) is 1. The van der Waals surface area contributed by atoms with Crippen molar-refractivity contribution in [1.29, 1.82) is 0 Å². The molecular formula is C12H23NO5. The lowest BCUT2D eigenvalue weighted by Crippen LogP contribution is -2.47. The van der Waals surface area contributed by atoms with Crippen molar-refractivity contribution in [3.63, 3.8) is 0 Å². The van der Waals surface area contributed by atoms with Gasteiger partial charge in [-0.3, -0.25) is 0 Å². The minimum Gasteiger partial charge on any atom is -0.444 e. The summed E-state index contributed by atoms with van der Waals surface area (Å²) in [5.41, 5.74) is -0.519. The van der Waals surface area contributed by atoms with Gasteiger partial charge in [0.15, 0.2) is 0 Å². The third kappa shape index (κ3) is 5.20. The molecule has 6 heteroatoms. The number of aliphatic hydroxyl groups is 2. The Morgan fingerprint density at radius 2 is 2.17 bits per heavy atom. The quantitative estimate of drug-likeness (QED) is 0.685. The average molecular weight is 261 g/mol. The number of carbonyl (C=O) groups is 1. The fourth-order valence-corrected chi connectivity index (χ4v) is 1.78. The van der Waals surface area contributed by atoms with Crippen molar-refractivity contribution in [2.75, 3.05) is 13.2 Å². The number of carbonyl (C=O) groups excluding carboxylic acids is 1. The molecule has 0 aliphatic carbocycles. The number of ether oxygens (including phenoxy) is 2. The Morgan fingerprint density at radius 1 is 1.50 bits per heavy atom. The van der Waals surface area contributed by atoms with Crippen molar-refractivity contribution in [3.8, 4) is 0 Å². The maximum absolute atomic E-state index is 11.5. The Labute approximate surface area is 107 Å². The molecule has 3 N–H and O–H groups in total. The Balaban J connectivity index is 2.29. The van der Waals surface area contributed by atoms with E-state index in [1.54, 1.807) is 20.8 Å². The van der Waals surface area contributed by atoms with Crippen LogP contribution in [0.15, 0.2) is 0 Å². The lowest BCUT2D eigenvalue weighted by atomic mass is 10.0. The van der Waals surface area contributed by atoms with Crippen molar-refractivity contribution < 1.29 is 24.5 Å². The van der Waals surface area contributed by atoms with Gasteiger partial charge in [-0.15, -0.1) is 0 Å². The number of aliphatic hydroxyl groups excluding tert-OH is 2. The van der Waals surface area contributed by atoms with Crippen LogP contribution in [0, 0.1) is 0 Å². The van der Waals surface area contributed by atoms with Crippen molar-refractivity contribution in [2.45, 2.75) is 57.5 Å². The standard InChI is InChI=1S/C12H23NO5/c1-12(2,3)18-11(16)13-8-4-5-10(17-7-8)9(15)6-14/h8-10,14-15H,4-7H2,1-3H3,(H,13,16)/t8?,9-,10?/m1/s1. The maximum Gasteiger partial charge on any atom is 0.407 e. The predicted octanol–water partition coefficient (Wildman–Crippen LogP) is 0.412. The van der Waals surface area contributed by atoms with Crippen LogP contribution < -0.4 is 5.32 Å². The Kier molecular flexibility index (Phi) is 5.37. The largest absolute Gasteiger partial charge is 0.444 e. The minimum atomic E-state index is -0.854. The predicted molar refractivity (Wildman–Crippen MR) is 65.2 cm³/mol. The zero-order valence-corrected chi connectivity index (χ0v) is 11.2. The lowest BCUT2D eigenvalue weighted by molar-refractivity contribution is -0.0871. The van der Waals surface area contributed by atoms with Gasteiger partial charge in [-0.05, 0) is 33.6 Å². The molecule has 3 atom stereocenters. The molecule has 0 saturated carbocycles. The molecule has 106 valence electrons. The van der Waals surface area contributed by atoms with Crippen LogP contribution in [0.5, 0.6) is 0 Å². The molecule has 1 saturated heterocycles. The third-order valence-electron chi connectivity index (χ3n) is 2.65. The van der Waals surface area contributed by atoms with Crippen LogP contribution in [0.2, 0.25) is 0 Å². The molecule has 0 radical (unpaired) electrons. The Hall–Kier alpha value is -0.850. The third-order valence-corrected chi connectivity index (χ3v) is 2.65. The van der Waals surface area contributed by atoms with E-state index < -0.39 is 17.8 Å². The first-order valence-electron chi connectivity index (χ1n) is 6.22. The van der Waals surface area contributed by atoms with Gasteiger partial charge in [0, 0.05) is 0 Å². The van der Waals surface area contributed by atoms with Crippen LogP contribution in [0.1, 0.15) is 33.6 Å². The molecule has 0 aromatic heterocycles. The fraction of sp³-hybridized carbons (Fsp3) is 0.917. The van der Waals surface area contributed by atoms with Crippen LogP contribution in [0.4, 0.5) is 4.79 Å². The van der Waals surface area contributed by atoms with Crippen LogP contribution in [-0.4, -0.2) is 53.4 Å². The summed E-state index contributed by atoms with van der Waals surface area (Å²) in [5, 5.41) is 20.9. The van der Waals surface area contributed by atoms with Gasteiger partial charge in [0.2, 0.25) is 0 Å². The fourth-order valence-electron chi connectivity index (χ4n) is 1.78. The van der Waals surface area contributed by atoms with Crippen LogP contribution >= 0.6 is 0 Å². The van der Waals surface area contributed by atoms with Gasteiger partial charge in [0.05, 0.1) is 25.4 Å². The molecule has 0 aromatic carbocycles. The summed E-state index contributed by atoms with van der Waals surface area (Å²) in [4.78, 5) is 11.5. The molecule has 18 heavy (non-hydrogen) atoms. The zero-order chi connectivity index (χ0) is 13.8. The molecule has 6 nitrogen and oxygen atoms in total. The van der Waals surface area contributed by atoms with E-state index in [4.69, 9.17) is 14.6 Å². The molecule has 0 aromatic rings. The first kappa shape index (κ1) is 15.2. The van der Waals surface area contributed by atoms with Crippen molar-refractivity contribution in [2.24, 2.45) is 0 Å². The van der Waals surface area contributed by atoms with Gasteiger partial charge in [-0.2, -0.15) is 0 Å². The van der Waals surface area contributed by atoms with E-state index in [-0.39, 0.29) is 18.8 Å². The number of rotatable bonds is 3. The van der Waals surface area contributed by atoms with E-state index >= 15 is 0 Å². The Morgan fingerprint density at radius 3 is 2.61 bits per heavy atom. The normalized spacial score (nSPS) is 26.5. The summed E-state index contributed by atoms with van der Waals surface area (Å²) in [6, 6.07) is -0.109. The van der Waals surface area contributed by atoms with Gasteiger partial charge in [0.25, 0.3) is 0 Å². The minimum absolute atomic E-state index is 0.109. The highest BCUT2D eigenvalue weighted by atomic mass is 16.6. The number of amides is 1. The monoisotopic (exact) mass is 261 g/mol. The summed E-state index contributed by atoms with van der Waals surface area (Å²) in [5.74, 6) is 0. The molecular weight excluding hydrogens is 238 g/mol. The molecule has 1 aliphatic rings. The summed E-state index contributed by atoms with van der Waals surface area (Å²) < 4.78 is 10.5. The molecule has 2 unspecified atom stereocenters. The van der Waals surface area contributed by atoms with E-state index in [0.29, 0.717) is 19.4 Å². The van der Waals surface area contributed by atoms with Crippen LogP contribution in [0.3, 0.4) is 0 Å². The molecule has 1 heterocycles. The molecule has 0 bridgehead atoms. The number of hydrogen-bond acceptors (Lipinski definition) is 5. The number of nitrogens with one attached hydrogen (secondary N) is 1. The smallest absolute Gasteiger partial charge is 0.407 e. The second kappa shape index (κ2) is 6.36. The van der Waals surface area contributed by atoms with E-state index in [0.717, 1.165) is 0 Å². The number of hydrogen-bond donors (Lipinski definition) is 3. The Bertz CT molecular complexity index is 268. The lowest BCUT2D eigenvalue weighted by Gasteiger charge is -2.32. The summed E-state index contributed by atoms with van der Waals surface area (Å²) in [6.45, 7) is 5.42. The first-order chi connectivity index (χ1) is 8.31. The highest BCUT2D eigenvalue weighted by Crippen LogP contribution is 2.17. The van der Waals surface area contributed by atoms with Crippen molar-refractivity contribution in [3.05, 3.63) is 0 Å².